The van der Waals surface area contributed by atoms with Crippen LogP contribution in [0.4, 0.5) is 15.0 Å². The van der Waals surface area contributed by atoms with Gasteiger partial charge in [0.25, 0.3) is 0 Å². The van der Waals surface area contributed by atoms with Gasteiger partial charge in [-0.05, 0) is 140 Å². The fourth-order valence-corrected chi connectivity index (χ4v) is 22.3. The van der Waals surface area contributed by atoms with Crippen molar-refractivity contribution in [3.8, 4) is 49.6 Å². The van der Waals surface area contributed by atoms with Gasteiger partial charge in [0, 0.05) is 82.3 Å². The normalized spacial score (nSPS) is 22.7. The number of benzene rings is 3. The van der Waals surface area contributed by atoms with E-state index in [2.05, 4.69) is 31.3 Å². The average Bonchev–Trinajstić information content (AvgIpc) is 1.72. The average molecular weight is 1810 g/mol. The lowest BCUT2D eigenvalue weighted by Crippen LogP contribution is -2.61. The van der Waals surface area contributed by atoms with Crippen molar-refractivity contribution in [1.82, 2.24) is 25.6 Å². The molecule has 18 rings (SSSR count). The SMILES string of the molecule is C.CN.CNC(=O)C1CC2(C1)C(=O)c1c(sc(-c3ncco3)c1C)N(C[C@H](OC1CCOCC1)c1ccccc1OC)C2=O.CNC(=O)C1CC2(C1)C(=O)c1c(sc(-c3ncco3)c1C)N(C[C@H](OC1CCOCC1)c1ccccc1OC)C2=O.COc1ccccc1[C@H](CN1C(=O)C2(CC(C(=O)O)C2)C(=O)c2c1sc(-c1ncco1)c2C)OC1CCOCC1.Cl. The highest BCUT2D eigenvalue weighted by Crippen LogP contribution is 2.61. The molecule has 3 spiro atoms. The number of methoxy groups -OCH3 is 3. The fraction of sp³-hybridized carbons (Fsp3) is 0.473. The summed E-state index contributed by atoms with van der Waals surface area (Å²) in [7, 11) is 9.45. The molecule has 9 aromatic rings. The highest BCUT2D eigenvalue weighted by Gasteiger charge is 2.66. The fourth-order valence-electron chi connectivity index (χ4n) is 18.5. The van der Waals surface area contributed by atoms with Gasteiger partial charge >= 0.3 is 5.97 Å². The third-order valence-corrected chi connectivity index (χ3v) is 29.1. The summed E-state index contributed by atoms with van der Waals surface area (Å²) in [6.45, 7) is 9.63. The smallest absolute Gasteiger partial charge is 0.306 e. The second-order valence-electron chi connectivity index (χ2n) is 32.1. The van der Waals surface area contributed by atoms with Crippen molar-refractivity contribution < 1.29 is 104 Å². The molecular weight excluding hydrogens is 1700 g/mol. The molecule has 0 radical (unpaired) electrons. The van der Waals surface area contributed by atoms with Crippen LogP contribution in [-0.2, 0) is 57.2 Å². The molecule has 3 saturated heterocycles. The van der Waals surface area contributed by atoms with Crippen molar-refractivity contribution in [3.05, 3.63) is 160 Å². The maximum absolute atomic E-state index is 14.4. The van der Waals surface area contributed by atoms with E-state index in [4.69, 9.17) is 55.9 Å². The van der Waals surface area contributed by atoms with Gasteiger partial charge in [-0.1, -0.05) is 62.0 Å². The number of carbonyl (C=O) groups excluding carboxylic acids is 8. The van der Waals surface area contributed by atoms with E-state index in [9.17, 15) is 48.3 Å². The van der Waals surface area contributed by atoms with E-state index in [1.54, 1.807) is 62.5 Å². The number of aromatic nitrogens is 3. The first-order chi connectivity index (χ1) is 60.1. The Kier molecular flexibility index (Phi) is 29.5. The van der Waals surface area contributed by atoms with Gasteiger partial charge in [-0.15, -0.1) is 46.4 Å². The first-order valence-electron chi connectivity index (χ1n) is 41.6. The first kappa shape index (κ1) is 93.3. The Labute approximate surface area is 747 Å². The monoisotopic (exact) mass is 1810 g/mol. The van der Waals surface area contributed by atoms with Gasteiger partial charge in [-0.2, -0.15) is 0 Å². The number of rotatable bonds is 24. The number of carbonyl (C=O) groups is 9. The molecule has 31 nitrogen and oxygen atoms in total. The van der Waals surface area contributed by atoms with Gasteiger partial charge in [0.2, 0.25) is 47.2 Å². The standard InChI is InChI=1S/2C30H33N3O7S.C29H30N2O8S.CH5N.CH4.ClH/c2*1-17-23-25(34)30(14-18(15-30)26(35)31-2)29(36)33(28(23)41-24(17)27-32-10-13-39-27)16-22(40-19-8-11-38-12-9-19)20-6-4-5-7-21(20)37-3;1-16-22-24(32)29(13-17(14-29)27(33)34)28(35)31(26(22)40-23(16)25-30-9-12-38-25)15-21(39-18-7-10-37-11-8-18)19-5-3-4-6-20(19)36-2;1-2;;/h2*4-7,10,13,18-19,22H,8-9,11-12,14-16H2,1-3H3,(H,31,35);3-6,9,12,17-18,21H,7-8,10-11,13-15H2,1-2H3,(H,33,34);2H2,1H3;1H4;1H/t2*18?,22-,30?;17?,21-,29?;;;/m000.../s1. The number of ketones is 3. The zero-order valence-electron chi connectivity index (χ0n) is 70.9. The number of fused-ring (bicyclic) bond motifs is 3. The van der Waals surface area contributed by atoms with Crippen LogP contribution in [0.15, 0.2) is 123 Å². The van der Waals surface area contributed by atoms with E-state index in [1.165, 1.54) is 66.0 Å². The number of nitrogens with two attached hydrogens (primary N) is 1. The maximum atomic E-state index is 14.4. The number of para-hydroxylation sites is 3. The summed E-state index contributed by atoms with van der Waals surface area (Å²) in [5.41, 5.74) is 6.42. The van der Waals surface area contributed by atoms with Crippen LogP contribution >= 0.6 is 46.4 Å². The second-order valence-corrected chi connectivity index (χ2v) is 35.1. The molecule has 6 fully saturated rings. The number of hydrogen-bond acceptors (Lipinski definition) is 28. The van der Waals surface area contributed by atoms with Gasteiger partial charge in [0.15, 0.2) is 17.3 Å². The van der Waals surface area contributed by atoms with E-state index in [1.807, 2.05) is 93.6 Å². The minimum absolute atomic E-state index is 0. The highest BCUT2D eigenvalue weighted by atomic mass is 35.5. The largest absolute Gasteiger partial charge is 0.496 e. The molecule has 12 heterocycles. The predicted molar refractivity (Wildman–Crippen MR) is 471 cm³/mol. The first-order valence-corrected chi connectivity index (χ1v) is 44.1. The van der Waals surface area contributed by atoms with Crippen molar-refractivity contribution in [2.45, 2.75) is 142 Å². The van der Waals surface area contributed by atoms with Crippen LogP contribution in [0.5, 0.6) is 17.2 Å². The van der Waals surface area contributed by atoms with Gasteiger partial charge in [0.05, 0.1) is 115 Å². The Morgan fingerprint density at radius 1 is 0.460 bits per heavy atom. The number of aliphatic carboxylic acids is 1. The van der Waals surface area contributed by atoms with Crippen LogP contribution in [0, 0.1) is 54.8 Å². The molecule has 3 aromatic carbocycles. The summed E-state index contributed by atoms with van der Waals surface area (Å²) >= 11 is 3.91. The second kappa shape index (κ2) is 39.9. The van der Waals surface area contributed by atoms with Crippen molar-refractivity contribution in [3.63, 3.8) is 0 Å². The molecule has 5 amide bonds. The number of anilines is 3. The Balaban J connectivity index is 0.000000159. The van der Waals surface area contributed by atoms with Gasteiger partial charge in [0.1, 0.15) is 85.6 Å². The molecule has 0 bridgehead atoms. The number of thiophene rings is 3. The molecular formula is C91H106ClN9O22S3. The molecule has 9 aliphatic rings. The summed E-state index contributed by atoms with van der Waals surface area (Å²) in [6, 6.07) is 22.8. The van der Waals surface area contributed by atoms with E-state index >= 15 is 0 Å². The predicted octanol–water partition coefficient (Wildman–Crippen LogP) is 14.0. The minimum atomic E-state index is -1.42. The van der Waals surface area contributed by atoms with E-state index in [0.717, 1.165) is 66.3 Å². The quantitative estimate of drug-likeness (QED) is 0.0408. The molecule has 6 aromatic heterocycles. The molecule has 0 unspecified atom stereocenters. The lowest BCUT2D eigenvalue weighted by molar-refractivity contribution is -0.152. The maximum Gasteiger partial charge on any atom is 0.306 e. The summed E-state index contributed by atoms with van der Waals surface area (Å²) in [6.07, 6.45) is 12.3. The van der Waals surface area contributed by atoms with Crippen molar-refractivity contribution in [2.24, 2.45) is 39.7 Å². The summed E-state index contributed by atoms with van der Waals surface area (Å²) < 4.78 is 70.4. The Bertz CT molecular complexity index is 5180. The number of carboxylic acids is 1. The van der Waals surface area contributed by atoms with E-state index in [-0.39, 0.29) is 137 Å². The van der Waals surface area contributed by atoms with Gasteiger partial charge in [-0.3, -0.25) is 57.9 Å². The minimum Gasteiger partial charge on any atom is -0.496 e. The number of ether oxygens (including phenoxy) is 9. The van der Waals surface area contributed by atoms with Crippen molar-refractivity contribution >= 4 is 114 Å². The van der Waals surface area contributed by atoms with Crippen molar-refractivity contribution in [2.75, 3.05) is 116 Å². The number of oxazole rings is 3. The Morgan fingerprint density at radius 2 is 0.722 bits per heavy atom. The third-order valence-electron chi connectivity index (χ3n) is 25.2. The lowest BCUT2D eigenvalue weighted by atomic mass is 9.56. The van der Waals surface area contributed by atoms with Crippen LogP contribution < -0.4 is 45.3 Å². The van der Waals surface area contributed by atoms with Crippen LogP contribution in [0.25, 0.3) is 32.3 Å². The van der Waals surface area contributed by atoms with Gasteiger partial charge < -0.3 is 77.4 Å². The molecule has 126 heavy (non-hydrogen) atoms. The summed E-state index contributed by atoms with van der Waals surface area (Å²) in [5.74, 6) is -1.55. The number of amides is 5. The molecule has 3 aliphatic carbocycles. The number of halogens is 1. The van der Waals surface area contributed by atoms with Crippen LogP contribution in [0.2, 0.25) is 0 Å². The van der Waals surface area contributed by atoms with Gasteiger partial charge in [-0.25, -0.2) is 15.0 Å². The van der Waals surface area contributed by atoms with E-state index < -0.39 is 64.2 Å². The number of nitrogens with zero attached hydrogens (tertiary/aromatic N) is 6. The summed E-state index contributed by atoms with van der Waals surface area (Å²) in [5, 5.41) is 16.5. The Hall–Kier alpha value is -10.4. The number of hydrogen-bond donors (Lipinski definition) is 4. The topological polar surface area (TPSA) is 395 Å². The third kappa shape index (κ3) is 17.4. The van der Waals surface area contributed by atoms with E-state index in [0.29, 0.717) is 126 Å². The highest BCUT2D eigenvalue weighted by molar-refractivity contribution is 7.21. The molecule has 35 heteroatoms. The number of nitrogens with one attached hydrogen (secondary N) is 2. The number of Topliss-reactive ketones (excluding diaryl/α,β-unsaturated/α-hetero) is 3. The Morgan fingerprint density at radius 3 is 0.960 bits per heavy atom. The molecule has 5 N–H and O–H groups in total. The van der Waals surface area contributed by atoms with Crippen LogP contribution in [0.1, 0.15) is 167 Å². The zero-order chi connectivity index (χ0) is 87.5. The van der Waals surface area contributed by atoms with Crippen molar-refractivity contribution in [1.29, 1.82) is 0 Å². The summed E-state index contributed by atoms with van der Waals surface area (Å²) in [4.78, 5) is 142. The molecule has 3 saturated carbocycles. The molecule has 3 atom stereocenters. The molecule has 6 aliphatic heterocycles. The number of carboxylic acid groups (broad SMARTS) is 1. The lowest BCUT2D eigenvalue weighted by Gasteiger charge is -2.49. The zero-order valence-corrected chi connectivity index (χ0v) is 74.1. The van der Waals surface area contributed by atoms with Crippen LogP contribution in [0.3, 0.4) is 0 Å². The van der Waals surface area contributed by atoms with Crippen LogP contribution in [-0.4, -0.2) is 193 Å². The molecule has 672 valence electrons.